The van der Waals surface area contributed by atoms with E-state index >= 15 is 0 Å². The molecule has 0 aliphatic heterocycles. The molecule has 0 atom stereocenters. The number of aromatic nitrogens is 1. The van der Waals surface area contributed by atoms with E-state index in [-0.39, 0.29) is 17.2 Å². The minimum Gasteiger partial charge on any atom is -0.497 e. The molecule has 0 amide bonds. The first-order valence-electron chi connectivity index (χ1n) is 6.61. The van der Waals surface area contributed by atoms with Crippen LogP contribution in [0.5, 0.6) is 11.5 Å². The predicted octanol–water partition coefficient (Wildman–Crippen LogP) is 2.05. The van der Waals surface area contributed by atoms with Gasteiger partial charge in [-0.25, -0.2) is 4.79 Å². The van der Waals surface area contributed by atoms with Gasteiger partial charge in [-0.15, -0.1) is 0 Å². The highest BCUT2D eigenvalue weighted by Gasteiger charge is 2.30. The smallest absolute Gasteiger partial charge is 0.352 e. The highest BCUT2D eigenvalue weighted by Crippen LogP contribution is 2.41. The van der Waals surface area contributed by atoms with Crippen LogP contribution in [0.1, 0.15) is 29.4 Å². The van der Waals surface area contributed by atoms with Gasteiger partial charge in [0.2, 0.25) is 0 Å². The molecule has 1 aromatic heterocycles. The Morgan fingerprint density at radius 2 is 1.95 bits per heavy atom. The van der Waals surface area contributed by atoms with Crippen molar-refractivity contribution in [3.05, 3.63) is 34.1 Å². The fourth-order valence-electron chi connectivity index (χ4n) is 2.56. The Morgan fingerprint density at radius 1 is 1.24 bits per heavy atom. The lowest BCUT2D eigenvalue weighted by molar-refractivity contribution is 0.0684. The monoisotopic (exact) mass is 289 g/mol. The summed E-state index contributed by atoms with van der Waals surface area (Å²) in [6.45, 7) is 0. The molecule has 0 spiro atoms. The summed E-state index contributed by atoms with van der Waals surface area (Å²) in [7, 11) is 3.00. The maximum absolute atomic E-state index is 12.2. The van der Waals surface area contributed by atoms with Crippen molar-refractivity contribution in [1.29, 1.82) is 0 Å². The number of carboxylic acid groups (broad SMARTS) is 1. The molecule has 1 heterocycles. The first-order valence-corrected chi connectivity index (χ1v) is 6.61. The maximum atomic E-state index is 12.2. The van der Waals surface area contributed by atoms with Gasteiger partial charge in [0, 0.05) is 18.2 Å². The van der Waals surface area contributed by atoms with E-state index in [1.807, 2.05) is 0 Å². The number of carboxylic acids is 1. The molecule has 0 radical (unpaired) electrons. The van der Waals surface area contributed by atoms with E-state index in [9.17, 15) is 14.7 Å². The maximum Gasteiger partial charge on any atom is 0.352 e. The molecule has 6 heteroatoms. The summed E-state index contributed by atoms with van der Waals surface area (Å²) in [6.07, 6.45) is 1.79. The van der Waals surface area contributed by atoms with Crippen LogP contribution in [0.3, 0.4) is 0 Å². The summed E-state index contributed by atoms with van der Waals surface area (Å²) in [5, 5.41) is 9.77. The van der Waals surface area contributed by atoms with Crippen molar-refractivity contribution in [2.24, 2.45) is 0 Å². The van der Waals surface area contributed by atoms with Crippen LogP contribution in [-0.2, 0) is 0 Å². The molecule has 1 fully saturated rings. The minimum absolute atomic E-state index is 0.00142. The van der Waals surface area contributed by atoms with Gasteiger partial charge < -0.3 is 19.1 Å². The number of nitrogens with zero attached hydrogens (tertiary/aromatic N) is 1. The largest absolute Gasteiger partial charge is 0.497 e. The van der Waals surface area contributed by atoms with E-state index in [2.05, 4.69) is 0 Å². The number of rotatable bonds is 4. The molecule has 0 unspecified atom stereocenters. The molecule has 0 bridgehead atoms. The quantitative estimate of drug-likeness (QED) is 0.932. The molecular formula is C15H15NO5. The Labute approximate surface area is 120 Å². The zero-order chi connectivity index (χ0) is 15.1. The van der Waals surface area contributed by atoms with E-state index < -0.39 is 5.97 Å². The first-order chi connectivity index (χ1) is 10.1. The van der Waals surface area contributed by atoms with Gasteiger partial charge >= 0.3 is 5.97 Å². The molecule has 110 valence electrons. The lowest BCUT2D eigenvalue weighted by Crippen LogP contribution is -2.18. The topological polar surface area (TPSA) is 77.8 Å². The Balaban J connectivity index is 2.47. The number of aromatic carboxylic acids is 1. The summed E-state index contributed by atoms with van der Waals surface area (Å²) < 4.78 is 12.2. The average molecular weight is 289 g/mol. The summed E-state index contributed by atoms with van der Waals surface area (Å²) in [6, 6.07) is 4.54. The van der Waals surface area contributed by atoms with E-state index in [4.69, 9.17) is 9.47 Å². The normalized spacial score (nSPS) is 14.2. The number of hydrogen-bond acceptors (Lipinski definition) is 4. The van der Waals surface area contributed by atoms with E-state index in [0.717, 1.165) is 12.8 Å². The summed E-state index contributed by atoms with van der Waals surface area (Å²) in [5.74, 6) is -0.169. The van der Waals surface area contributed by atoms with Crippen LogP contribution in [0, 0.1) is 0 Å². The van der Waals surface area contributed by atoms with Crippen LogP contribution < -0.4 is 14.9 Å². The Morgan fingerprint density at radius 3 is 2.48 bits per heavy atom. The average Bonchev–Trinajstić information content (AvgIpc) is 3.30. The van der Waals surface area contributed by atoms with Crippen LogP contribution in [-0.4, -0.2) is 29.9 Å². The van der Waals surface area contributed by atoms with Gasteiger partial charge in [0.25, 0.3) is 0 Å². The van der Waals surface area contributed by atoms with Crippen molar-refractivity contribution < 1.29 is 19.4 Å². The Bertz CT molecular complexity index is 789. The van der Waals surface area contributed by atoms with Crippen LogP contribution in [0.25, 0.3) is 10.9 Å². The number of ether oxygens (including phenoxy) is 2. The van der Waals surface area contributed by atoms with Crippen molar-refractivity contribution in [3.63, 3.8) is 0 Å². The van der Waals surface area contributed by atoms with Crippen molar-refractivity contribution in [2.75, 3.05) is 14.2 Å². The molecule has 2 aromatic rings. The van der Waals surface area contributed by atoms with E-state index in [1.165, 1.54) is 20.3 Å². The second kappa shape index (κ2) is 4.80. The summed E-state index contributed by atoms with van der Waals surface area (Å²) in [5.41, 5.74) is 0.167. The molecule has 0 saturated heterocycles. The number of fused-ring (bicyclic) bond motifs is 1. The lowest BCUT2D eigenvalue weighted by Gasteiger charge is -2.17. The zero-order valence-electron chi connectivity index (χ0n) is 11.8. The highest BCUT2D eigenvalue weighted by molar-refractivity contribution is 5.93. The van der Waals surface area contributed by atoms with Crippen molar-refractivity contribution in [2.45, 2.75) is 18.9 Å². The van der Waals surface area contributed by atoms with Gasteiger partial charge in [-0.2, -0.15) is 0 Å². The Kier molecular flexibility index (Phi) is 3.08. The number of hydrogen-bond donors (Lipinski definition) is 1. The summed E-state index contributed by atoms with van der Waals surface area (Å²) >= 11 is 0. The van der Waals surface area contributed by atoms with Crippen molar-refractivity contribution in [3.8, 4) is 11.5 Å². The van der Waals surface area contributed by atoms with Crippen LogP contribution >= 0.6 is 0 Å². The SMILES string of the molecule is COc1cc(OC)c2c(c1)c(=O)cc(C(=O)O)n2C1CC1. The second-order valence-corrected chi connectivity index (χ2v) is 5.03. The lowest BCUT2D eigenvalue weighted by atomic mass is 10.1. The van der Waals surface area contributed by atoms with Crippen molar-refractivity contribution >= 4 is 16.9 Å². The molecule has 1 aromatic carbocycles. The minimum atomic E-state index is -1.11. The van der Waals surface area contributed by atoms with Crippen molar-refractivity contribution in [1.82, 2.24) is 4.57 Å². The zero-order valence-corrected chi connectivity index (χ0v) is 11.8. The Hall–Kier alpha value is -2.50. The van der Waals surface area contributed by atoms with Gasteiger partial charge in [0.1, 0.15) is 17.2 Å². The highest BCUT2D eigenvalue weighted by atomic mass is 16.5. The molecule has 1 aliphatic rings. The number of carbonyl (C=O) groups is 1. The number of benzene rings is 1. The van der Waals surface area contributed by atoms with Crippen LogP contribution in [0.15, 0.2) is 23.0 Å². The van der Waals surface area contributed by atoms with Gasteiger partial charge in [0.05, 0.1) is 25.1 Å². The fraction of sp³-hybridized carbons (Fsp3) is 0.333. The molecule has 3 rings (SSSR count). The van der Waals surface area contributed by atoms with Gasteiger partial charge in [-0.1, -0.05) is 0 Å². The van der Waals surface area contributed by atoms with Gasteiger partial charge in [-0.05, 0) is 18.9 Å². The molecule has 1 N–H and O–H groups in total. The third kappa shape index (κ3) is 2.12. The van der Waals surface area contributed by atoms with Gasteiger partial charge in [0.15, 0.2) is 5.43 Å². The molecule has 6 nitrogen and oxygen atoms in total. The van der Waals surface area contributed by atoms with Crippen LogP contribution in [0.4, 0.5) is 0 Å². The third-order valence-corrected chi connectivity index (χ3v) is 3.67. The molecule has 1 aliphatic carbocycles. The number of pyridine rings is 1. The summed E-state index contributed by atoms with van der Waals surface area (Å²) in [4.78, 5) is 23.7. The standard InChI is InChI=1S/C15H15NO5/c1-20-9-5-10-12(17)7-11(15(18)19)16(8-3-4-8)14(10)13(6-9)21-2/h5-8H,3-4H2,1-2H3,(H,18,19). The predicted molar refractivity (Wildman–Crippen MR) is 76.5 cm³/mol. The van der Waals surface area contributed by atoms with E-state index in [0.29, 0.717) is 22.4 Å². The van der Waals surface area contributed by atoms with Gasteiger partial charge in [-0.3, -0.25) is 4.79 Å². The second-order valence-electron chi connectivity index (χ2n) is 5.03. The molecule has 21 heavy (non-hydrogen) atoms. The van der Waals surface area contributed by atoms with Crippen LogP contribution in [0.2, 0.25) is 0 Å². The fourth-order valence-corrected chi connectivity index (χ4v) is 2.56. The third-order valence-electron chi connectivity index (χ3n) is 3.67. The first kappa shape index (κ1) is 13.5. The molecular weight excluding hydrogens is 274 g/mol. The number of methoxy groups -OCH3 is 2. The van der Waals surface area contributed by atoms with E-state index in [1.54, 1.807) is 16.7 Å². The molecule has 1 saturated carbocycles.